The molecule has 0 bridgehead atoms. The number of carbonyl (C=O) groups is 1. The molecule has 0 unspecified atom stereocenters. The number of likely N-dealkylation sites (tertiary alicyclic amines) is 1. The van der Waals surface area contributed by atoms with Gasteiger partial charge in [-0.3, -0.25) is 4.79 Å². The average molecular weight is 325 g/mol. The smallest absolute Gasteiger partial charge is 0.276 e. The molecular weight excluding hydrogens is 302 g/mol. The summed E-state index contributed by atoms with van der Waals surface area (Å²) in [6, 6.07) is 9.95. The number of benzene rings is 1. The molecule has 0 atom stereocenters. The highest BCUT2D eigenvalue weighted by Crippen LogP contribution is 2.35. The SMILES string of the molecule is CCc1ccc(-c2cc(C(=O)N3CCC4(CC3)CNC4)no2)cc1. The van der Waals surface area contributed by atoms with Crippen LogP contribution < -0.4 is 5.32 Å². The molecule has 2 saturated heterocycles. The molecule has 2 aliphatic heterocycles. The number of aryl methyl sites for hydroxylation is 1. The summed E-state index contributed by atoms with van der Waals surface area (Å²) in [6.45, 7) is 5.94. The Labute approximate surface area is 142 Å². The molecule has 1 N–H and O–H groups in total. The van der Waals surface area contributed by atoms with E-state index >= 15 is 0 Å². The second-order valence-corrected chi connectivity index (χ2v) is 7.02. The zero-order valence-corrected chi connectivity index (χ0v) is 14.0. The van der Waals surface area contributed by atoms with Crippen LogP contribution >= 0.6 is 0 Å². The molecular formula is C19H23N3O2. The van der Waals surface area contributed by atoms with E-state index in [2.05, 4.69) is 29.5 Å². The van der Waals surface area contributed by atoms with Crippen LogP contribution in [0.25, 0.3) is 11.3 Å². The van der Waals surface area contributed by atoms with E-state index in [0.717, 1.165) is 51.0 Å². The lowest BCUT2D eigenvalue weighted by molar-refractivity contribution is 0.0407. The summed E-state index contributed by atoms with van der Waals surface area (Å²) in [5.74, 6) is 0.634. The number of hydrogen-bond donors (Lipinski definition) is 1. The molecule has 5 heteroatoms. The maximum absolute atomic E-state index is 12.6. The van der Waals surface area contributed by atoms with Crippen molar-refractivity contribution in [3.63, 3.8) is 0 Å². The Morgan fingerprint density at radius 3 is 2.54 bits per heavy atom. The monoisotopic (exact) mass is 325 g/mol. The zero-order valence-electron chi connectivity index (χ0n) is 14.0. The van der Waals surface area contributed by atoms with Gasteiger partial charge in [0.05, 0.1) is 0 Å². The topological polar surface area (TPSA) is 58.4 Å². The second kappa shape index (κ2) is 6.06. The highest BCUT2D eigenvalue weighted by molar-refractivity contribution is 5.93. The van der Waals surface area contributed by atoms with Gasteiger partial charge in [0.25, 0.3) is 5.91 Å². The third-order valence-corrected chi connectivity index (χ3v) is 5.49. The van der Waals surface area contributed by atoms with Gasteiger partial charge in [0, 0.05) is 37.8 Å². The molecule has 1 spiro atoms. The van der Waals surface area contributed by atoms with E-state index in [0.29, 0.717) is 16.9 Å². The van der Waals surface area contributed by atoms with Crippen molar-refractivity contribution in [1.82, 2.24) is 15.4 Å². The lowest BCUT2D eigenvalue weighted by Gasteiger charge is -2.48. The summed E-state index contributed by atoms with van der Waals surface area (Å²) in [5.41, 5.74) is 3.08. The maximum Gasteiger partial charge on any atom is 0.276 e. The first-order valence-electron chi connectivity index (χ1n) is 8.75. The maximum atomic E-state index is 12.6. The standard InChI is InChI=1S/C19H23N3O2/c1-2-14-3-5-15(6-4-14)17-11-16(21-24-17)18(23)22-9-7-19(8-10-22)12-20-13-19/h3-6,11,20H,2,7-10,12-13H2,1H3. The van der Waals surface area contributed by atoms with E-state index in [-0.39, 0.29) is 5.91 Å². The van der Waals surface area contributed by atoms with Crippen molar-refractivity contribution in [2.24, 2.45) is 5.41 Å². The Morgan fingerprint density at radius 1 is 1.25 bits per heavy atom. The van der Waals surface area contributed by atoms with Gasteiger partial charge in [0.1, 0.15) is 0 Å². The van der Waals surface area contributed by atoms with Crippen LogP contribution in [-0.4, -0.2) is 42.1 Å². The summed E-state index contributed by atoms with van der Waals surface area (Å²) in [6.07, 6.45) is 3.16. The molecule has 4 rings (SSSR count). The van der Waals surface area contributed by atoms with E-state index in [1.807, 2.05) is 17.0 Å². The van der Waals surface area contributed by atoms with Gasteiger partial charge in [-0.05, 0) is 30.2 Å². The molecule has 0 radical (unpaired) electrons. The van der Waals surface area contributed by atoms with Crippen molar-refractivity contribution in [3.8, 4) is 11.3 Å². The minimum absolute atomic E-state index is 0.0164. The Balaban J connectivity index is 1.45. The first kappa shape index (κ1) is 15.4. The summed E-state index contributed by atoms with van der Waals surface area (Å²) in [5, 5.41) is 7.35. The van der Waals surface area contributed by atoms with Crippen molar-refractivity contribution in [2.45, 2.75) is 26.2 Å². The van der Waals surface area contributed by atoms with Crippen LogP contribution in [0.2, 0.25) is 0 Å². The van der Waals surface area contributed by atoms with Crippen LogP contribution in [0.15, 0.2) is 34.9 Å². The predicted molar refractivity (Wildman–Crippen MR) is 91.8 cm³/mol. The minimum atomic E-state index is -0.0164. The molecule has 3 heterocycles. The van der Waals surface area contributed by atoms with Gasteiger partial charge in [0.2, 0.25) is 0 Å². The van der Waals surface area contributed by atoms with Crippen LogP contribution in [-0.2, 0) is 6.42 Å². The quantitative estimate of drug-likeness (QED) is 0.943. The molecule has 1 aromatic heterocycles. The first-order chi connectivity index (χ1) is 11.7. The van der Waals surface area contributed by atoms with Crippen molar-refractivity contribution in [2.75, 3.05) is 26.2 Å². The molecule has 24 heavy (non-hydrogen) atoms. The first-order valence-corrected chi connectivity index (χ1v) is 8.75. The normalized spacial score (nSPS) is 19.3. The molecule has 1 amide bonds. The highest BCUT2D eigenvalue weighted by atomic mass is 16.5. The summed E-state index contributed by atoms with van der Waals surface area (Å²) in [7, 11) is 0. The number of aromatic nitrogens is 1. The minimum Gasteiger partial charge on any atom is -0.355 e. The average Bonchev–Trinajstić information content (AvgIpc) is 3.10. The molecule has 2 fully saturated rings. The largest absolute Gasteiger partial charge is 0.355 e. The molecule has 5 nitrogen and oxygen atoms in total. The van der Waals surface area contributed by atoms with Crippen molar-refractivity contribution in [1.29, 1.82) is 0 Å². The predicted octanol–water partition coefficient (Wildman–Crippen LogP) is 2.73. The Hall–Kier alpha value is -2.14. The molecule has 2 aliphatic rings. The van der Waals surface area contributed by atoms with E-state index < -0.39 is 0 Å². The van der Waals surface area contributed by atoms with E-state index in [1.54, 1.807) is 6.07 Å². The number of amides is 1. The molecule has 126 valence electrons. The lowest BCUT2D eigenvalue weighted by atomic mass is 9.73. The van der Waals surface area contributed by atoms with Gasteiger partial charge < -0.3 is 14.7 Å². The molecule has 2 aromatic rings. The van der Waals surface area contributed by atoms with Crippen LogP contribution in [0, 0.1) is 5.41 Å². The third kappa shape index (κ3) is 2.73. The molecule has 0 saturated carbocycles. The Kier molecular flexibility index (Phi) is 3.88. The Bertz CT molecular complexity index is 721. The number of nitrogens with zero attached hydrogens (tertiary/aromatic N) is 2. The summed E-state index contributed by atoms with van der Waals surface area (Å²) >= 11 is 0. The lowest BCUT2D eigenvalue weighted by Crippen LogP contribution is -2.58. The summed E-state index contributed by atoms with van der Waals surface area (Å²) in [4.78, 5) is 14.6. The highest BCUT2D eigenvalue weighted by Gasteiger charge is 2.40. The Morgan fingerprint density at radius 2 is 1.96 bits per heavy atom. The van der Waals surface area contributed by atoms with Gasteiger partial charge in [-0.15, -0.1) is 0 Å². The number of nitrogens with one attached hydrogen (secondary N) is 1. The number of carbonyl (C=O) groups excluding carboxylic acids is 1. The van der Waals surface area contributed by atoms with Gasteiger partial charge in [-0.25, -0.2) is 0 Å². The van der Waals surface area contributed by atoms with Crippen LogP contribution in [0.3, 0.4) is 0 Å². The number of rotatable bonds is 3. The fraction of sp³-hybridized carbons (Fsp3) is 0.474. The van der Waals surface area contributed by atoms with Gasteiger partial charge >= 0.3 is 0 Å². The second-order valence-electron chi connectivity index (χ2n) is 7.02. The summed E-state index contributed by atoms with van der Waals surface area (Å²) < 4.78 is 5.40. The van der Waals surface area contributed by atoms with E-state index in [9.17, 15) is 4.79 Å². The van der Waals surface area contributed by atoms with Crippen LogP contribution in [0.1, 0.15) is 35.8 Å². The van der Waals surface area contributed by atoms with E-state index in [1.165, 1.54) is 5.56 Å². The zero-order chi connectivity index (χ0) is 16.6. The van der Waals surface area contributed by atoms with Gasteiger partial charge in [-0.2, -0.15) is 0 Å². The van der Waals surface area contributed by atoms with E-state index in [4.69, 9.17) is 4.52 Å². The van der Waals surface area contributed by atoms with Gasteiger partial charge in [0.15, 0.2) is 11.5 Å². The van der Waals surface area contributed by atoms with Crippen LogP contribution in [0.4, 0.5) is 0 Å². The number of piperidine rings is 1. The van der Waals surface area contributed by atoms with Crippen LogP contribution in [0.5, 0.6) is 0 Å². The molecule has 0 aliphatic carbocycles. The van der Waals surface area contributed by atoms with Crippen molar-refractivity contribution >= 4 is 5.91 Å². The number of hydrogen-bond acceptors (Lipinski definition) is 4. The van der Waals surface area contributed by atoms with Crippen molar-refractivity contribution < 1.29 is 9.32 Å². The third-order valence-electron chi connectivity index (χ3n) is 5.49. The van der Waals surface area contributed by atoms with Gasteiger partial charge in [-0.1, -0.05) is 36.3 Å². The fourth-order valence-electron chi connectivity index (χ4n) is 3.60. The fourth-order valence-corrected chi connectivity index (χ4v) is 3.60. The van der Waals surface area contributed by atoms with Crippen molar-refractivity contribution in [3.05, 3.63) is 41.6 Å². The molecule has 1 aromatic carbocycles.